The van der Waals surface area contributed by atoms with Crippen molar-refractivity contribution >= 4 is 0 Å². The summed E-state index contributed by atoms with van der Waals surface area (Å²) >= 11 is 0. The molecule has 0 amide bonds. The Balaban J connectivity index is 2.88. The summed E-state index contributed by atoms with van der Waals surface area (Å²) in [4.78, 5) is 8.41. The number of hydrogen-bond donors (Lipinski definition) is 2. The Labute approximate surface area is 90.6 Å². The third-order valence-corrected chi connectivity index (χ3v) is 2.61. The molecule has 15 heavy (non-hydrogen) atoms. The van der Waals surface area contributed by atoms with Gasteiger partial charge in [0.1, 0.15) is 5.82 Å². The minimum Gasteiger partial charge on any atom is -0.396 e. The van der Waals surface area contributed by atoms with Crippen LogP contribution in [-0.4, -0.2) is 27.7 Å². The Hall–Kier alpha value is -1.00. The molecule has 1 aromatic rings. The van der Waals surface area contributed by atoms with Gasteiger partial charge < -0.3 is 10.8 Å². The van der Waals surface area contributed by atoms with E-state index in [0.717, 1.165) is 17.9 Å². The van der Waals surface area contributed by atoms with Crippen LogP contribution < -0.4 is 5.73 Å². The van der Waals surface area contributed by atoms with E-state index in [-0.39, 0.29) is 18.6 Å². The van der Waals surface area contributed by atoms with Crippen molar-refractivity contribution in [2.75, 3.05) is 6.61 Å². The van der Waals surface area contributed by atoms with Crippen LogP contribution in [0.1, 0.15) is 37.2 Å². The van der Waals surface area contributed by atoms with Crippen LogP contribution in [0.25, 0.3) is 0 Å². The van der Waals surface area contributed by atoms with Crippen LogP contribution >= 0.6 is 0 Å². The summed E-state index contributed by atoms with van der Waals surface area (Å²) in [6.07, 6.45) is 3.28. The molecule has 2 unspecified atom stereocenters. The third-order valence-electron chi connectivity index (χ3n) is 2.61. The van der Waals surface area contributed by atoms with Crippen molar-refractivity contribution in [2.24, 2.45) is 5.73 Å². The van der Waals surface area contributed by atoms with E-state index < -0.39 is 0 Å². The molecular formula is C11H19N3O. The molecule has 0 saturated heterocycles. The molecule has 0 saturated carbocycles. The van der Waals surface area contributed by atoms with E-state index in [1.165, 1.54) is 0 Å². The number of nitrogens with zero attached hydrogens (tertiary/aromatic N) is 2. The van der Waals surface area contributed by atoms with E-state index in [9.17, 15) is 0 Å². The smallest absolute Gasteiger partial charge is 0.125 e. The lowest BCUT2D eigenvalue weighted by molar-refractivity contribution is 0.264. The largest absolute Gasteiger partial charge is 0.396 e. The number of rotatable bonds is 5. The monoisotopic (exact) mass is 209 g/mol. The van der Waals surface area contributed by atoms with Crippen molar-refractivity contribution in [2.45, 2.75) is 38.6 Å². The maximum atomic E-state index is 9.01. The molecule has 1 heterocycles. The molecule has 2 atom stereocenters. The summed E-state index contributed by atoms with van der Waals surface area (Å²) in [5, 5.41) is 9.01. The maximum Gasteiger partial charge on any atom is 0.125 e. The molecule has 0 fully saturated rings. The van der Waals surface area contributed by atoms with Crippen LogP contribution in [0.3, 0.4) is 0 Å². The lowest BCUT2D eigenvalue weighted by Gasteiger charge is -2.21. The van der Waals surface area contributed by atoms with Crippen LogP contribution in [0.15, 0.2) is 12.3 Å². The summed E-state index contributed by atoms with van der Waals surface area (Å²) in [7, 11) is 0. The first-order valence-electron chi connectivity index (χ1n) is 5.35. The highest BCUT2D eigenvalue weighted by molar-refractivity contribution is 5.10. The van der Waals surface area contributed by atoms with Crippen molar-refractivity contribution in [3.8, 4) is 0 Å². The summed E-state index contributed by atoms with van der Waals surface area (Å²) in [5.41, 5.74) is 6.95. The standard InChI is InChI=1S/C11H19N3O/c1-3-10(12)9(5-7-15)11-4-6-13-8(2)14-11/h4,6,9-10,15H,3,5,7,12H2,1-2H3. The summed E-state index contributed by atoms with van der Waals surface area (Å²) in [6, 6.07) is 1.93. The Bertz CT molecular complexity index is 304. The minimum atomic E-state index is 0.0476. The summed E-state index contributed by atoms with van der Waals surface area (Å²) < 4.78 is 0. The predicted octanol–water partition coefficient (Wildman–Crippen LogP) is 0.988. The molecule has 0 aliphatic rings. The van der Waals surface area contributed by atoms with Gasteiger partial charge >= 0.3 is 0 Å². The van der Waals surface area contributed by atoms with Gasteiger partial charge in [-0.25, -0.2) is 9.97 Å². The summed E-state index contributed by atoms with van der Waals surface area (Å²) in [6.45, 7) is 4.04. The first-order valence-corrected chi connectivity index (χ1v) is 5.35. The van der Waals surface area contributed by atoms with E-state index >= 15 is 0 Å². The van der Waals surface area contributed by atoms with E-state index in [4.69, 9.17) is 10.8 Å². The van der Waals surface area contributed by atoms with Crippen LogP contribution in [0.2, 0.25) is 0 Å². The van der Waals surface area contributed by atoms with Gasteiger partial charge in [0, 0.05) is 30.5 Å². The van der Waals surface area contributed by atoms with Crippen molar-refractivity contribution in [3.63, 3.8) is 0 Å². The fraction of sp³-hybridized carbons (Fsp3) is 0.636. The Kier molecular flexibility index (Phi) is 4.65. The van der Waals surface area contributed by atoms with Crippen molar-refractivity contribution < 1.29 is 5.11 Å². The average Bonchev–Trinajstić information content (AvgIpc) is 2.25. The first kappa shape index (κ1) is 12.1. The second kappa shape index (κ2) is 5.78. The number of aliphatic hydroxyl groups excluding tert-OH is 1. The Morgan fingerprint density at radius 2 is 2.27 bits per heavy atom. The summed E-state index contributed by atoms with van der Waals surface area (Å²) in [5.74, 6) is 0.875. The van der Waals surface area contributed by atoms with Gasteiger partial charge in [0.15, 0.2) is 0 Å². The van der Waals surface area contributed by atoms with Crippen molar-refractivity contribution in [1.82, 2.24) is 9.97 Å². The second-order valence-corrected chi connectivity index (χ2v) is 3.72. The van der Waals surface area contributed by atoms with Crippen LogP contribution in [-0.2, 0) is 0 Å². The first-order chi connectivity index (χ1) is 7.19. The molecule has 0 spiro atoms. The van der Waals surface area contributed by atoms with Gasteiger partial charge in [-0.3, -0.25) is 0 Å². The zero-order valence-corrected chi connectivity index (χ0v) is 9.35. The van der Waals surface area contributed by atoms with Gasteiger partial charge in [-0.05, 0) is 25.8 Å². The van der Waals surface area contributed by atoms with Crippen LogP contribution in [0.4, 0.5) is 0 Å². The SMILES string of the molecule is CCC(N)C(CCO)c1ccnc(C)n1. The molecule has 1 rings (SSSR count). The maximum absolute atomic E-state index is 9.01. The fourth-order valence-corrected chi connectivity index (χ4v) is 1.69. The van der Waals surface area contributed by atoms with Gasteiger partial charge in [0.2, 0.25) is 0 Å². The fourth-order valence-electron chi connectivity index (χ4n) is 1.69. The molecule has 84 valence electrons. The second-order valence-electron chi connectivity index (χ2n) is 3.72. The highest BCUT2D eigenvalue weighted by Gasteiger charge is 2.19. The van der Waals surface area contributed by atoms with Gasteiger partial charge in [-0.1, -0.05) is 6.92 Å². The molecule has 0 aliphatic heterocycles. The quantitative estimate of drug-likeness (QED) is 0.758. The molecule has 0 bridgehead atoms. The minimum absolute atomic E-state index is 0.0476. The van der Waals surface area contributed by atoms with Crippen molar-refractivity contribution in [1.29, 1.82) is 0 Å². The molecule has 4 heteroatoms. The van der Waals surface area contributed by atoms with Crippen LogP contribution in [0.5, 0.6) is 0 Å². The zero-order valence-electron chi connectivity index (χ0n) is 9.35. The molecule has 0 aromatic carbocycles. The van der Waals surface area contributed by atoms with E-state index in [2.05, 4.69) is 9.97 Å². The highest BCUT2D eigenvalue weighted by Crippen LogP contribution is 2.21. The molecule has 0 aliphatic carbocycles. The number of aliphatic hydroxyl groups is 1. The molecule has 1 aromatic heterocycles. The van der Waals surface area contributed by atoms with Crippen molar-refractivity contribution in [3.05, 3.63) is 23.8 Å². The highest BCUT2D eigenvalue weighted by atomic mass is 16.3. The number of aromatic nitrogens is 2. The van der Waals surface area contributed by atoms with Gasteiger partial charge in [-0.2, -0.15) is 0 Å². The third kappa shape index (κ3) is 3.25. The number of hydrogen-bond acceptors (Lipinski definition) is 4. The molecule has 3 N–H and O–H groups in total. The average molecular weight is 209 g/mol. The van der Waals surface area contributed by atoms with Crippen LogP contribution in [0, 0.1) is 6.92 Å². The molecule has 0 radical (unpaired) electrons. The lowest BCUT2D eigenvalue weighted by Crippen LogP contribution is -2.29. The Morgan fingerprint density at radius 1 is 1.53 bits per heavy atom. The number of aryl methyl sites for hydroxylation is 1. The Morgan fingerprint density at radius 3 is 2.80 bits per heavy atom. The molecule has 4 nitrogen and oxygen atoms in total. The topological polar surface area (TPSA) is 72.0 Å². The van der Waals surface area contributed by atoms with E-state index in [0.29, 0.717) is 6.42 Å². The van der Waals surface area contributed by atoms with Gasteiger partial charge in [0.25, 0.3) is 0 Å². The zero-order chi connectivity index (χ0) is 11.3. The van der Waals surface area contributed by atoms with E-state index in [1.54, 1.807) is 6.20 Å². The van der Waals surface area contributed by atoms with Gasteiger partial charge in [0.05, 0.1) is 0 Å². The predicted molar refractivity (Wildman–Crippen MR) is 59.5 cm³/mol. The van der Waals surface area contributed by atoms with Gasteiger partial charge in [-0.15, -0.1) is 0 Å². The number of nitrogens with two attached hydrogens (primary N) is 1. The van der Waals surface area contributed by atoms with E-state index in [1.807, 2.05) is 19.9 Å². The normalized spacial score (nSPS) is 14.9. The lowest BCUT2D eigenvalue weighted by atomic mass is 9.91. The molecular weight excluding hydrogens is 190 g/mol.